The molecule has 2 aromatic carbocycles. The molecule has 41 heavy (non-hydrogen) atoms. The molecule has 0 saturated carbocycles. The van der Waals surface area contributed by atoms with Gasteiger partial charge in [0, 0.05) is 32.9 Å². The molecule has 9 nitrogen and oxygen atoms in total. The third kappa shape index (κ3) is 5.53. The second kappa shape index (κ2) is 10.5. The Balaban J connectivity index is 1.27. The Hall–Kier alpha value is -3.90. The first-order chi connectivity index (χ1) is 19.5. The van der Waals surface area contributed by atoms with Gasteiger partial charge in [0.15, 0.2) is 0 Å². The Morgan fingerprint density at radius 2 is 2.02 bits per heavy atom. The molecule has 4 aromatic rings. The Bertz CT molecular complexity index is 1620. The molecule has 0 unspecified atom stereocenters. The van der Waals surface area contributed by atoms with Crippen LogP contribution in [0.15, 0.2) is 36.5 Å². The molecule has 2 aliphatic heterocycles. The number of ether oxygens (including phenoxy) is 2. The number of aryl methyl sites for hydroxylation is 2. The maximum Gasteiger partial charge on any atom is 0.419 e. The number of carboxylic acid groups (broad SMARTS) is 1. The molecule has 216 valence electrons. The van der Waals surface area contributed by atoms with Gasteiger partial charge in [0.25, 0.3) is 0 Å². The molecule has 0 aliphatic carbocycles. The summed E-state index contributed by atoms with van der Waals surface area (Å²) in [5.74, 6) is -0.461. The van der Waals surface area contributed by atoms with Crippen LogP contribution in [0.3, 0.4) is 0 Å². The lowest BCUT2D eigenvalue weighted by Crippen LogP contribution is -2.34. The molecule has 0 bridgehead atoms. The van der Waals surface area contributed by atoms with Crippen LogP contribution >= 0.6 is 0 Å². The van der Waals surface area contributed by atoms with Gasteiger partial charge in [-0.3, -0.25) is 9.58 Å². The highest BCUT2D eigenvalue weighted by atomic mass is 19.4. The predicted molar refractivity (Wildman–Crippen MR) is 143 cm³/mol. The molecule has 1 fully saturated rings. The van der Waals surface area contributed by atoms with Gasteiger partial charge in [0.1, 0.15) is 23.9 Å². The first-order valence-electron chi connectivity index (χ1n) is 13.5. The predicted octanol–water partition coefficient (Wildman–Crippen LogP) is 4.72. The minimum Gasteiger partial charge on any atom is -0.487 e. The van der Waals surface area contributed by atoms with Gasteiger partial charge in [-0.25, -0.2) is 9.78 Å². The summed E-state index contributed by atoms with van der Waals surface area (Å²) in [7, 11) is 1.75. The van der Waals surface area contributed by atoms with E-state index in [9.17, 15) is 23.1 Å². The zero-order valence-electron chi connectivity index (χ0n) is 22.7. The van der Waals surface area contributed by atoms with Crippen molar-refractivity contribution in [3.8, 4) is 5.75 Å². The van der Waals surface area contributed by atoms with Crippen molar-refractivity contribution in [3.05, 3.63) is 75.9 Å². The number of rotatable bonds is 8. The van der Waals surface area contributed by atoms with Gasteiger partial charge < -0.3 is 19.1 Å². The lowest BCUT2D eigenvalue weighted by Gasteiger charge is -2.31. The van der Waals surface area contributed by atoms with Gasteiger partial charge >= 0.3 is 12.1 Å². The fourth-order valence-corrected chi connectivity index (χ4v) is 5.53. The van der Waals surface area contributed by atoms with Crippen molar-refractivity contribution in [1.82, 2.24) is 24.2 Å². The molecule has 1 N–H and O–H groups in total. The number of nitrogens with zero attached hydrogens (tertiary/aromatic N) is 5. The summed E-state index contributed by atoms with van der Waals surface area (Å²) in [5, 5.41) is 13.8. The average molecular weight is 570 g/mol. The van der Waals surface area contributed by atoms with Crippen LogP contribution in [0.4, 0.5) is 13.2 Å². The van der Waals surface area contributed by atoms with E-state index >= 15 is 0 Å². The summed E-state index contributed by atoms with van der Waals surface area (Å²) in [6.07, 6.45) is -1.36. The van der Waals surface area contributed by atoms with Crippen molar-refractivity contribution < 1.29 is 32.5 Å². The maximum atomic E-state index is 14.0. The molecule has 2 aliphatic rings. The lowest BCUT2D eigenvalue weighted by atomic mass is 9.96. The van der Waals surface area contributed by atoms with Gasteiger partial charge in [0.05, 0.1) is 41.4 Å². The van der Waals surface area contributed by atoms with Crippen LogP contribution in [0.25, 0.3) is 11.0 Å². The molecule has 2 aromatic heterocycles. The van der Waals surface area contributed by atoms with Gasteiger partial charge in [-0.1, -0.05) is 0 Å². The summed E-state index contributed by atoms with van der Waals surface area (Å²) in [6.45, 7) is 4.46. The number of aromatic carboxylic acids is 1. The van der Waals surface area contributed by atoms with E-state index in [1.54, 1.807) is 30.1 Å². The van der Waals surface area contributed by atoms with E-state index in [0.717, 1.165) is 28.9 Å². The van der Waals surface area contributed by atoms with E-state index < -0.39 is 17.7 Å². The SMILES string of the molecule is Cc1cn(C)nc1COc1cc2c(cc1C(F)(F)F)CCN(Cc1nc3ccc(C(=O)O)cc3n1C[C@@H]1CCO1)C2. The van der Waals surface area contributed by atoms with Gasteiger partial charge in [-0.05, 0) is 66.8 Å². The number of aromatic nitrogens is 4. The van der Waals surface area contributed by atoms with Crippen molar-refractivity contribution in [2.24, 2.45) is 7.05 Å². The highest BCUT2D eigenvalue weighted by molar-refractivity contribution is 5.92. The van der Waals surface area contributed by atoms with Crippen LogP contribution in [-0.4, -0.2) is 54.6 Å². The summed E-state index contributed by atoms with van der Waals surface area (Å²) in [4.78, 5) is 18.5. The molecule has 0 amide bonds. The fraction of sp³-hybridized carbons (Fsp3) is 0.414. The van der Waals surface area contributed by atoms with Crippen molar-refractivity contribution in [1.29, 1.82) is 0 Å². The smallest absolute Gasteiger partial charge is 0.419 e. The Labute approximate surface area is 234 Å². The average Bonchev–Trinajstić information content (AvgIpc) is 3.40. The molecule has 0 radical (unpaired) electrons. The van der Waals surface area contributed by atoms with Crippen LogP contribution in [0, 0.1) is 6.92 Å². The molecular weight excluding hydrogens is 539 g/mol. The molecule has 0 spiro atoms. The van der Waals surface area contributed by atoms with E-state index in [1.165, 1.54) is 18.2 Å². The second-order valence-electron chi connectivity index (χ2n) is 10.7. The largest absolute Gasteiger partial charge is 0.487 e. The monoisotopic (exact) mass is 569 g/mol. The fourth-order valence-electron chi connectivity index (χ4n) is 5.53. The number of imidazole rings is 1. The third-order valence-corrected chi connectivity index (χ3v) is 7.80. The number of hydrogen-bond acceptors (Lipinski definition) is 6. The highest BCUT2D eigenvalue weighted by Crippen LogP contribution is 2.40. The third-order valence-electron chi connectivity index (χ3n) is 7.80. The summed E-state index contributed by atoms with van der Waals surface area (Å²) in [5.41, 5.74) is 3.67. The zero-order chi connectivity index (χ0) is 28.9. The Morgan fingerprint density at radius 1 is 1.22 bits per heavy atom. The molecule has 4 heterocycles. The summed E-state index contributed by atoms with van der Waals surface area (Å²) in [6, 6.07) is 7.59. The zero-order valence-corrected chi connectivity index (χ0v) is 22.7. The quantitative estimate of drug-likeness (QED) is 0.328. The highest BCUT2D eigenvalue weighted by Gasteiger charge is 2.36. The number of alkyl halides is 3. The standard InChI is InChI=1S/C29H30F3N5O4/c1-17-12-35(2)34-24(17)16-41-26-11-20-13-36(7-5-18(20)9-22(26)29(30,31)32)15-27-33-23-4-3-19(28(38)39)10-25(23)37(27)14-21-6-8-40-21/h3-4,9-12,21H,5-8,13-16H2,1-2H3,(H,38,39)/t21-/m0/s1. The normalized spacial score (nSPS) is 17.4. The number of halogens is 3. The molecule has 1 saturated heterocycles. The molecule has 1 atom stereocenters. The first kappa shape index (κ1) is 27.3. The number of carbonyl (C=O) groups is 1. The minimum atomic E-state index is -4.55. The van der Waals surface area contributed by atoms with Crippen molar-refractivity contribution in [3.63, 3.8) is 0 Å². The van der Waals surface area contributed by atoms with Crippen molar-refractivity contribution in [2.45, 2.75) is 58.3 Å². The van der Waals surface area contributed by atoms with Crippen molar-refractivity contribution >= 4 is 17.0 Å². The molecule has 6 rings (SSSR count). The number of benzene rings is 2. The van der Waals surface area contributed by atoms with Gasteiger partial charge in [0.2, 0.25) is 0 Å². The molecular formula is C29H30F3N5O4. The van der Waals surface area contributed by atoms with E-state index in [4.69, 9.17) is 14.5 Å². The van der Waals surface area contributed by atoms with E-state index in [1.807, 2.05) is 11.5 Å². The van der Waals surface area contributed by atoms with Gasteiger partial charge in [-0.2, -0.15) is 18.3 Å². The second-order valence-corrected chi connectivity index (χ2v) is 10.7. The Morgan fingerprint density at radius 3 is 2.68 bits per heavy atom. The number of fused-ring (bicyclic) bond motifs is 2. The summed E-state index contributed by atoms with van der Waals surface area (Å²) >= 11 is 0. The minimum absolute atomic E-state index is 0.0324. The van der Waals surface area contributed by atoms with Crippen LogP contribution in [0.1, 0.15) is 50.6 Å². The maximum absolute atomic E-state index is 14.0. The molecule has 12 heteroatoms. The van der Waals surface area contributed by atoms with Gasteiger partial charge in [-0.15, -0.1) is 0 Å². The number of hydrogen-bond donors (Lipinski definition) is 1. The topological polar surface area (TPSA) is 94.6 Å². The van der Waals surface area contributed by atoms with E-state index in [2.05, 4.69) is 10.00 Å². The van der Waals surface area contributed by atoms with Crippen molar-refractivity contribution in [2.75, 3.05) is 13.2 Å². The summed E-state index contributed by atoms with van der Waals surface area (Å²) < 4.78 is 56.9. The first-order valence-corrected chi connectivity index (χ1v) is 13.5. The number of carboxylic acids is 1. The van der Waals surface area contributed by atoms with E-state index in [-0.39, 0.29) is 24.0 Å². The lowest BCUT2D eigenvalue weighted by molar-refractivity contribution is -0.139. The van der Waals surface area contributed by atoms with Crippen LogP contribution in [0.5, 0.6) is 5.75 Å². The Kier molecular flexibility index (Phi) is 6.98. The van der Waals surface area contributed by atoms with Crippen LogP contribution < -0.4 is 4.74 Å². The van der Waals surface area contributed by atoms with Crippen LogP contribution in [-0.2, 0) is 50.6 Å². The van der Waals surface area contributed by atoms with E-state index in [0.29, 0.717) is 56.0 Å². The van der Waals surface area contributed by atoms with Crippen LogP contribution in [0.2, 0.25) is 0 Å².